The Morgan fingerprint density at radius 3 is 2.62 bits per heavy atom. The van der Waals surface area contributed by atoms with Crippen LogP contribution in [0.2, 0.25) is 0 Å². The molecule has 2 nitrogen and oxygen atoms in total. The van der Waals surface area contributed by atoms with Gasteiger partial charge in [0.25, 0.3) is 0 Å². The molecule has 2 heteroatoms. The molecule has 2 aromatic carbocycles. The number of benzene rings is 2. The molecule has 1 N–H and O–H groups in total. The Morgan fingerprint density at radius 1 is 0.905 bits per heavy atom. The molecule has 0 spiro atoms. The number of nitrogens with zero attached hydrogens (tertiary/aromatic N) is 1. The largest absolute Gasteiger partial charge is 0.361 e. The third-order valence-corrected chi connectivity index (χ3v) is 3.54. The molecule has 2 aromatic heterocycles. The van der Waals surface area contributed by atoms with Gasteiger partial charge in [0.15, 0.2) is 0 Å². The van der Waals surface area contributed by atoms with E-state index in [-0.39, 0.29) is 0 Å². The average molecular weight is 274 g/mol. The lowest BCUT2D eigenvalue weighted by molar-refractivity contribution is 1.15. The summed E-state index contributed by atoms with van der Waals surface area (Å²) in [5.41, 5.74) is 3.68. The van der Waals surface area contributed by atoms with Crippen LogP contribution in [0.15, 0.2) is 73.1 Å². The molecule has 0 aliphatic heterocycles. The molecular formula is C19H18N2. The van der Waals surface area contributed by atoms with Crippen LogP contribution in [-0.2, 0) is 6.42 Å². The van der Waals surface area contributed by atoms with Gasteiger partial charge in [-0.1, -0.05) is 37.3 Å². The highest BCUT2D eigenvalue weighted by molar-refractivity contribution is 5.80. The Balaban J connectivity index is 0.000000126. The van der Waals surface area contributed by atoms with Gasteiger partial charge in [0.2, 0.25) is 0 Å². The zero-order chi connectivity index (χ0) is 14.5. The monoisotopic (exact) mass is 274 g/mol. The number of aromatic amines is 1. The topological polar surface area (TPSA) is 28.7 Å². The number of para-hydroxylation sites is 1. The van der Waals surface area contributed by atoms with E-state index in [0.717, 1.165) is 11.9 Å². The van der Waals surface area contributed by atoms with Crippen molar-refractivity contribution in [3.05, 3.63) is 78.6 Å². The molecule has 0 amide bonds. The number of fused-ring (bicyclic) bond motifs is 2. The van der Waals surface area contributed by atoms with Gasteiger partial charge in [-0.25, -0.2) is 0 Å². The fourth-order valence-electron chi connectivity index (χ4n) is 2.34. The van der Waals surface area contributed by atoms with E-state index in [4.69, 9.17) is 0 Å². The second-order valence-electron chi connectivity index (χ2n) is 4.95. The molecule has 104 valence electrons. The summed E-state index contributed by atoms with van der Waals surface area (Å²) in [5.74, 6) is 0. The van der Waals surface area contributed by atoms with Crippen molar-refractivity contribution in [1.82, 2.24) is 9.97 Å². The van der Waals surface area contributed by atoms with Crippen LogP contribution in [-0.4, -0.2) is 9.97 Å². The summed E-state index contributed by atoms with van der Waals surface area (Å²) in [4.78, 5) is 7.35. The van der Waals surface area contributed by atoms with E-state index in [1.807, 2.05) is 36.7 Å². The number of pyridine rings is 1. The second-order valence-corrected chi connectivity index (χ2v) is 4.95. The first-order valence-electron chi connectivity index (χ1n) is 7.22. The number of rotatable bonds is 1. The van der Waals surface area contributed by atoms with Gasteiger partial charge in [0.05, 0.1) is 5.52 Å². The van der Waals surface area contributed by atoms with Crippen molar-refractivity contribution in [3.63, 3.8) is 0 Å². The van der Waals surface area contributed by atoms with Crippen LogP contribution in [0, 0.1) is 0 Å². The van der Waals surface area contributed by atoms with Crippen molar-refractivity contribution >= 4 is 21.8 Å². The molecule has 0 aliphatic rings. The highest BCUT2D eigenvalue weighted by Crippen LogP contribution is 2.14. The zero-order valence-corrected chi connectivity index (χ0v) is 12.1. The summed E-state index contributed by atoms with van der Waals surface area (Å²) in [5, 5.41) is 2.51. The molecule has 0 unspecified atom stereocenters. The van der Waals surface area contributed by atoms with Crippen molar-refractivity contribution in [1.29, 1.82) is 0 Å². The van der Waals surface area contributed by atoms with Crippen LogP contribution in [0.3, 0.4) is 0 Å². The SMILES string of the molecule is CCc1ccc2[nH]ccc2c1.c1ccc2ncccc2c1. The molecule has 0 radical (unpaired) electrons. The van der Waals surface area contributed by atoms with E-state index < -0.39 is 0 Å². The maximum atomic E-state index is 4.18. The van der Waals surface area contributed by atoms with Crippen molar-refractivity contribution in [2.75, 3.05) is 0 Å². The van der Waals surface area contributed by atoms with E-state index in [9.17, 15) is 0 Å². The lowest BCUT2D eigenvalue weighted by Crippen LogP contribution is -1.77. The van der Waals surface area contributed by atoms with Crippen LogP contribution in [0.25, 0.3) is 21.8 Å². The van der Waals surface area contributed by atoms with Crippen LogP contribution in [0.1, 0.15) is 12.5 Å². The van der Waals surface area contributed by atoms with E-state index in [1.165, 1.54) is 21.9 Å². The number of nitrogens with one attached hydrogen (secondary N) is 1. The number of hydrogen-bond acceptors (Lipinski definition) is 1. The Morgan fingerprint density at radius 2 is 1.76 bits per heavy atom. The van der Waals surface area contributed by atoms with Gasteiger partial charge in [-0.2, -0.15) is 0 Å². The lowest BCUT2D eigenvalue weighted by atomic mass is 10.1. The van der Waals surface area contributed by atoms with E-state index in [0.29, 0.717) is 0 Å². The minimum absolute atomic E-state index is 1.06. The van der Waals surface area contributed by atoms with Crippen LogP contribution in [0.5, 0.6) is 0 Å². The first-order chi connectivity index (χ1) is 10.4. The molecule has 4 aromatic rings. The third-order valence-electron chi connectivity index (χ3n) is 3.54. The third kappa shape index (κ3) is 3.11. The second kappa shape index (κ2) is 6.23. The molecular weight excluding hydrogens is 256 g/mol. The van der Waals surface area contributed by atoms with Crippen LogP contribution in [0.4, 0.5) is 0 Å². The molecule has 0 atom stereocenters. The number of H-pyrrole nitrogens is 1. The predicted molar refractivity (Wildman–Crippen MR) is 89.4 cm³/mol. The molecule has 0 saturated carbocycles. The number of aryl methyl sites for hydroxylation is 1. The first-order valence-corrected chi connectivity index (χ1v) is 7.22. The minimum atomic E-state index is 1.06. The summed E-state index contributed by atoms with van der Waals surface area (Å²) < 4.78 is 0. The zero-order valence-electron chi connectivity index (χ0n) is 12.1. The predicted octanol–water partition coefficient (Wildman–Crippen LogP) is 4.97. The van der Waals surface area contributed by atoms with Crippen molar-refractivity contribution < 1.29 is 0 Å². The molecule has 0 fully saturated rings. The van der Waals surface area contributed by atoms with Crippen LogP contribution >= 0.6 is 0 Å². The fourth-order valence-corrected chi connectivity index (χ4v) is 2.34. The van der Waals surface area contributed by atoms with Crippen molar-refractivity contribution in [2.24, 2.45) is 0 Å². The Kier molecular flexibility index (Phi) is 3.97. The number of hydrogen-bond donors (Lipinski definition) is 1. The quantitative estimate of drug-likeness (QED) is 0.522. The van der Waals surface area contributed by atoms with Gasteiger partial charge in [0.1, 0.15) is 0 Å². The van der Waals surface area contributed by atoms with Gasteiger partial charge < -0.3 is 4.98 Å². The molecule has 0 saturated heterocycles. The molecule has 0 aliphatic carbocycles. The number of aromatic nitrogens is 2. The summed E-state index contributed by atoms with van der Waals surface area (Å²) in [6.45, 7) is 2.17. The lowest BCUT2D eigenvalue weighted by Gasteiger charge is -1.94. The molecule has 2 heterocycles. The van der Waals surface area contributed by atoms with E-state index in [2.05, 4.69) is 53.3 Å². The van der Waals surface area contributed by atoms with Gasteiger partial charge in [-0.3, -0.25) is 4.98 Å². The Hall–Kier alpha value is -2.61. The maximum absolute atomic E-state index is 4.18. The van der Waals surface area contributed by atoms with Gasteiger partial charge in [-0.05, 0) is 47.7 Å². The summed E-state index contributed by atoms with van der Waals surface area (Å²) in [6.07, 6.45) is 4.90. The van der Waals surface area contributed by atoms with Crippen LogP contribution < -0.4 is 0 Å². The smallest absolute Gasteiger partial charge is 0.0701 e. The van der Waals surface area contributed by atoms with E-state index in [1.54, 1.807) is 0 Å². The van der Waals surface area contributed by atoms with Gasteiger partial charge in [0, 0.05) is 23.3 Å². The highest BCUT2D eigenvalue weighted by Gasteiger charge is 1.93. The first kappa shape index (κ1) is 13.4. The Labute approximate surface area is 124 Å². The average Bonchev–Trinajstić information content (AvgIpc) is 3.03. The van der Waals surface area contributed by atoms with Crippen molar-refractivity contribution in [3.8, 4) is 0 Å². The standard InChI is InChI=1S/C10H11N.C9H7N/c1-2-8-3-4-10-9(7-8)5-6-11-10;1-2-6-9-8(4-1)5-3-7-10-9/h3-7,11H,2H2,1H3;1-7H. The molecule has 21 heavy (non-hydrogen) atoms. The summed E-state index contributed by atoms with van der Waals surface area (Å²) >= 11 is 0. The van der Waals surface area contributed by atoms with Gasteiger partial charge in [-0.15, -0.1) is 0 Å². The molecule has 0 bridgehead atoms. The van der Waals surface area contributed by atoms with E-state index >= 15 is 0 Å². The summed E-state index contributed by atoms with van der Waals surface area (Å²) in [7, 11) is 0. The fraction of sp³-hybridized carbons (Fsp3) is 0.105. The minimum Gasteiger partial charge on any atom is -0.361 e. The Bertz CT molecular complexity index is 781. The van der Waals surface area contributed by atoms with Crippen molar-refractivity contribution in [2.45, 2.75) is 13.3 Å². The van der Waals surface area contributed by atoms with Gasteiger partial charge >= 0.3 is 0 Å². The summed E-state index contributed by atoms with van der Waals surface area (Å²) in [6, 6.07) is 20.7. The highest BCUT2D eigenvalue weighted by atomic mass is 14.7. The molecule has 4 rings (SSSR count). The normalized spacial score (nSPS) is 10.3. The maximum Gasteiger partial charge on any atom is 0.0701 e.